The molecule has 0 atom stereocenters. The van der Waals surface area contributed by atoms with Crippen molar-refractivity contribution in [3.63, 3.8) is 0 Å². The third kappa shape index (κ3) is 3.92. The van der Waals surface area contributed by atoms with Crippen LogP contribution >= 0.6 is 0 Å². The molecule has 2 N–H and O–H groups in total. The molecule has 7 nitrogen and oxygen atoms in total. The van der Waals surface area contributed by atoms with Crippen LogP contribution in [0.25, 0.3) is 0 Å². The molecule has 0 aliphatic carbocycles. The maximum Gasteiger partial charge on any atom is 0.158 e. The molecule has 2 rings (SSSR count). The number of nitrogens with zero attached hydrogens (tertiary/aromatic N) is 3. The van der Waals surface area contributed by atoms with Crippen LogP contribution < -0.4 is 10.6 Å². The van der Waals surface area contributed by atoms with E-state index in [0.29, 0.717) is 25.6 Å². The summed E-state index contributed by atoms with van der Waals surface area (Å²) in [6.45, 7) is 3.51. The lowest BCUT2D eigenvalue weighted by atomic mass is 10.4. The van der Waals surface area contributed by atoms with Gasteiger partial charge in [-0.05, 0) is 6.92 Å². The van der Waals surface area contributed by atoms with Gasteiger partial charge in [-0.15, -0.1) is 0 Å². The lowest BCUT2D eigenvalue weighted by Gasteiger charge is -2.08. The van der Waals surface area contributed by atoms with Gasteiger partial charge in [0.15, 0.2) is 5.82 Å². The fraction of sp³-hybridized carbons (Fsp3) is 0.417. The van der Waals surface area contributed by atoms with Crippen molar-refractivity contribution in [1.29, 1.82) is 0 Å². The molecule has 0 saturated heterocycles. The van der Waals surface area contributed by atoms with Crippen LogP contribution in [0.3, 0.4) is 0 Å². The highest BCUT2D eigenvalue weighted by Crippen LogP contribution is 2.12. The SMILES string of the molecule is CCOCc1nc(NC)cc(NCc2ccon2)n1. The lowest BCUT2D eigenvalue weighted by Crippen LogP contribution is -2.08. The van der Waals surface area contributed by atoms with Crippen molar-refractivity contribution < 1.29 is 9.26 Å². The maximum atomic E-state index is 5.32. The topological polar surface area (TPSA) is 85.1 Å². The summed E-state index contributed by atoms with van der Waals surface area (Å²) in [5, 5.41) is 9.99. The predicted octanol–water partition coefficient (Wildman–Crippen LogP) is 1.65. The van der Waals surface area contributed by atoms with Crippen LogP contribution in [0.15, 0.2) is 22.9 Å². The average molecular weight is 263 g/mol. The highest BCUT2D eigenvalue weighted by molar-refractivity contribution is 5.47. The van der Waals surface area contributed by atoms with Crippen molar-refractivity contribution >= 4 is 11.6 Å². The van der Waals surface area contributed by atoms with E-state index in [2.05, 4.69) is 25.8 Å². The zero-order valence-corrected chi connectivity index (χ0v) is 11.0. The Morgan fingerprint density at radius 3 is 2.84 bits per heavy atom. The minimum atomic E-state index is 0.394. The normalized spacial score (nSPS) is 10.4. The summed E-state index contributed by atoms with van der Waals surface area (Å²) in [7, 11) is 1.81. The molecule has 0 saturated carbocycles. The molecule has 0 aromatic carbocycles. The highest BCUT2D eigenvalue weighted by atomic mass is 16.5. The smallest absolute Gasteiger partial charge is 0.158 e. The van der Waals surface area contributed by atoms with Crippen LogP contribution in [0.5, 0.6) is 0 Å². The van der Waals surface area contributed by atoms with Gasteiger partial charge in [-0.1, -0.05) is 5.16 Å². The van der Waals surface area contributed by atoms with E-state index >= 15 is 0 Å². The molecule has 0 aliphatic rings. The number of ether oxygens (including phenoxy) is 1. The van der Waals surface area contributed by atoms with E-state index < -0.39 is 0 Å². The van der Waals surface area contributed by atoms with Gasteiger partial charge in [-0.25, -0.2) is 9.97 Å². The molecule has 19 heavy (non-hydrogen) atoms. The van der Waals surface area contributed by atoms with Crippen LogP contribution in [0.4, 0.5) is 11.6 Å². The number of hydrogen-bond donors (Lipinski definition) is 2. The second-order valence-electron chi connectivity index (χ2n) is 3.79. The molecule has 7 heteroatoms. The Hall–Kier alpha value is -2.15. The van der Waals surface area contributed by atoms with Gasteiger partial charge in [0.2, 0.25) is 0 Å². The molecule has 0 amide bonds. The number of hydrogen-bond acceptors (Lipinski definition) is 7. The first-order valence-electron chi connectivity index (χ1n) is 6.08. The summed E-state index contributed by atoms with van der Waals surface area (Å²) in [4.78, 5) is 8.69. The van der Waals surface area contributed by atoms with Crippen molar-refractivity contribution in [2.24, 2.45) is 0 Å². The molecule has 0 spiro atoms. The van der Waals surface area contributed by atoms with E-state index in [0.717, 1.165) is 17.3 Å². The van der Waals surface area contributed by atoms with Gasteiger partial charge >= 0.3 is 0 Å². The van der Waals surface area contributed by atoms with Gasteiger partial charge in [0.05, 0.1) is 6.54 Å². The fourth-order valence-corrected chi connectivity index (χ4v) is 1.48. The van der Waals surface area contributed by atoms with E-state index in [1.54, 1.807) is 6.07 Å². The Labute approximate surface area is 111 Å². The second-order valence-corrected chi connectivity index (χ2v) is 3.79. The third-order valence-electron chi connectivity index (χ3n) is 2.41. The van der Waals surface area contributed by atoms with Gasteiger partial charge in [0, 0.05) is 25.8 Å². The molecular formula is C12H17N5O2. The van der Waals surface area contributed by atoms with Crippen molar-refractivity contribution in [3.8, 4) is 0 Å². The molecule has 2 aromatic heterocycles. The van der Waals surface area contributed by atoms with Gasteiger partial charge in [0.25, 0.3) is 0 Å². The van der Waals surface area contributed by atoms with Gasteiger partial charge in [-0.3, -0.25) is 0 Å². The van der Waals surface area contributed by atoms with Crippen molar-refractivity contribution in [1.82, 2.24) is 15.1 Å². The minimum absolute atomic E-state index is 0.394. The van der Waals surface area contributed by atoms with Crippen LogP contribution in [0.1, 0.15) is 18.4 Å². The molecule has 0 fully saturated rings. The third-order valence-corrected chi connectivity index (χ3v) is 2.41. The zero-order valence-electron chi connectivity index (χ0n) is 11.0. The molecular weight excluding hydrogens is 246 g/mol. The van der Waals surface area contributed by atoms with Crippen LogP contribution in [-0.2, 0) is 17.9 Å². The van der Waals surface area contributed by atoms with Crippen LogP contribution in [0, 0.1) is 0 Å². The zero-order chi connectivity index (χ0) is 13.5. The largest absolute Gasteiger partial charge is 0.374 e. The Balaban J connectivity index is 2.05. The molecule has 2 heterocycles. The standard InChI is InChI=1S/C12H17N5O2/c1-3-18-8-12-15-10(13-2)6-11(16-12)14-7-9-4-5-19-17-9/h4-6H,3,7-8H2,1-2H3,(H2,13,14,15,16). The number of nitrogens with one attached hydrogen (secondary N) is 2. The summed E-state index contributed by atoms with van der Waals surface area (Å²) in [6.07, 6.45) is 1.54. The van der Waals surface area contributed by atoms with E-state index in [9.17, 15) is 0 Å². The number of aromatic nitrogens is 3. The van der Waals surface area contributed by atoms with E-state index in [1.165, 1.54) is 6.26 Å². The Bertz CT molecular complexity index is 501. The first-order chi connectivity index (χ1) is 9.31. The molecule has 0 aliphatic heterocycles. The summed E-state index contributed by atoms with van der Waals surface area (Å²) >= 11 is 0. The predicted molar refractivity (Wildman–Crippen MR) is 70.7 cm³/mol. The molecule has 0 radical (unpaired) electrons. The first-order valence-corrected chi connectivity index (χ1v) is 6.08. The first kappa shape index (κ1) is 13.3. The Morgan fingerprint density at radius 2 is 2.16 bits per heavy atom. The Morgan fingerprint density at radius 1 is 1.32 bits per heavy atom. The molecule has 0 unspecified atom stereocenters. The van der Waals surface area contributed by atoms with Crippen LogP contribution in [-0.4, -0.2) is 28.8 Å². The van der Waals surface area contributed by atoms with Crippen molar-refractivity contribution in [3.05, 3.63) is 29.9 Å². The van der Waals surface area contributed by atoms with E-state index in [1.807, 2.05) is 20.0 Å². The monoisotopic (exact) mass is 263 g/mol. The maximum absolute atomic E-state index is 5.32. The summed E-state index contributed by atoms with van der Waals surface area (Å²) in [5.41, 5.74) is 0.816. The summed E-state index contributed by atoms with van der Waals surface area (Å²) in [6, 6.07) is 3.63. The minimum Gasteiger partial charge on any atom is -0.374 e. The summed E-state index contributed by atoms with van der Waals surface area (Å²) < 4.78 is 10.1. The number of anilines is 2. The second kappa shape index (κ2) is 6.69. The summed E-state index contributed by atoms with van der Waals surface area (Å²) in [5.74, 6) is 2.10. The van der Waals surface area contributed by atoms with E-state index in [-0.39, 0.29) is 0 Å². The molecule has 2 aromatic rings. The average Bonchev–Trinajstić information content (AvgIpc) is 2.96. The van der Waals surface area contributed by atoms with Crippen molar-refractivity contribution in [2.45, 2.75) is 20.1 Å². The molecule has 0 bridgehead atoms. The Kier molecular flexibility index (Phi) is 4.68. The van der Waals surface area contributed by atoms with Gasteiger partial charge in [0.1, 0.15) is 30.2 Å². The number of rotatable bonds is 7. The fourth-order valence-electron chi connectivity index (χ4n) is 1.48. The highest BCUT2D eigenvalue weighted by Gasteiger charge is 2.05. The quantitative estimate of drug-likeness (QED) is 0.785. The van der Waals surface area contributed by atoms with Crippen LogP contribution in [0.2, 0.25) is 0 Å². The molecule has 102 valence electrons. The van der Waals surface area contributed by atoms with E-state index in [4.69, 9.17) is 9.26 Å². The van der Waals surface area contributed by atoms with Gasteiger partial charge in [-0.2, -0.15) is 0 Å². The van der Waals surface area contributed by atoms with Crippen molar-refractivity contribution in [2.75, 3.05) is 24.3 Å². The lowest BCUT2D eigenvalue weighted by molar-refractivity contribution is 0.128. The van der Waals surface area contributed by atoms with Gasteiger partial charge < -0.3 is 19.9 Å².